The fraction of sp³-hybridized carbons (Fsp3) is 0.0204. The van der Waals surface area contributed by atoms with Gasteiger partial charge in [0.15, 0.2) is 0 Å². The molecule has 0 radical (unpaired) electrons. The van der Waals surface area contributed by atoms with E-state index in [0.717, 1.165) is 66.6 Å². The first-order valence-corrected chi connectivity index (χ1v) is 35.2. The number of hydrogen-bond acceptors (Lipinski definition) is 4. The van der Waals surface area contributed by atoms with Crippen LogP contribution < -0.4 is 11.1 Å². The first-order valence-electron chi connectivity index (χ1n) is 34.4. The maximum atomic E-state index is 6.42. The lowest BCUT2D eigenvalue weighted by molar-refractivity contribution is 0.668. The number of nitrogens with zero attached hydrogens (tertiary/aromatic N) is 1. The molecule has 3 N–H and O–H groups in total. The van der Waals surface area contributed by atoms with Gasteiger partial charge in [-0.1, -0.05) is 321 Å². The van der Waals surface area contributed by atoms with Crippen LogP contribution in [0.5, 0.6) is 0 Å². The van der Waals surface area contributed by atoms with Crippen molar-refractivity contribution in [2.24, 2.45) is 0 Å². The fourth-order valence-corrected chi connectivity index (χ4v) is 15.5. The molecule has 0 amide bonds. The molecular formula is C98H73BrN2O2. The van der Waals surface area contributed by atoms with Gasteiger partial charge in [-0.05, 0) is 194 Å². The van der Waals surface area contributed by atoms with Crippen molar-refractivity contribution in [1.82, 2.24) is 6.15 Å². The van der Waals surface area contributed by atoms with Crippen molar-refractivity contribution in [2.45, 2.75) is 13.8 Å². The summed E-state index contributed by atoms with van der Waals surface area (Å²) < 4.78 is 13.6. The van der Waals surface area contributed by atoms with E-state index in [0.29, 0.717) is 0 Å². The number of benzene rings is 18. The average Bonchev–Trinajstić information content (AvgIpc) is 1.02. The molecule has 2 aromatic heterocycles. The van der Waals surface area contributed by atoms with Gasteiger partial charge in [-0.3, -0.25) is 0 Å². The molecule has 0 aliphatic rings. The van der Waals surface area contributed by atoms with Gasteiger partial charge < -0.3 is 19.9 Å². The molecule has 20 aromatic rings. The zero-order valence-corrected chi connectivity index (χ0v) is 57.4. The smallest absolute Gasteiger partial charge is 0.137 e. The lowest BCUT2D eigenvalue weighted by Crippen LogP contribution is -2.10. The highest BCUT2D eigenvalue weighted by molar-refractivity contribution is 9.10. The summed E-state index contributed by atoms with van der Waals surface area (Å²) in [7, 11) is 0. The van der Waals surface area contributed by atoms with Crippen LogP contribution in [0.1, 0.15) is 20.0 Å². The number of para-hydroxylation sites is 2. The van der Waals surface area contributed by atoms with Gasteiger partial charge >= 0.3 is 0 Å². The highest BCUT2D eigenvalue weighted by Gasteiger charge is 2.21. The second kappa shape index (κ2) is 28.2. The van der Waals surface area contributed by atoms with E-state index in [-0.39, 0.29) is 15.0 Å². The number of fused-ring (bicyclic) bond motifs is 14. The van der Waals surface area contributed by atoms with Crippen molar-refractivity contribution in [3.63, 3.8) is 0 Å². The zero-order chi connectivity index (χ0) is 67.2. The van der Waals surface area contributed by atoms with Crippen molar-refractivity contribution in [2.75, 3.05) is 4.90 Å². The topological polar surface area (TPSA) is 64.5 Å². The molecule has 4 nitrogen and oxygen atoms in total. The lowest BCUT2D eigenvalue weighted by atomic mass is 9.93. The van der Waals surface area contributed by atoms with Crippen molar-refractivity contribution < 1.29 is 10.3 Å². The Balaban J connectivity index is 0.000000136. The van der Waals surface area contributed by atoms with Crippen LogP contribution in [0, 0.1) is 0 Å². The minimum Gasteiger partial charge on any atom is -0.456 e. The predicted molar refractivity (Wildman–Crippen MR) is 446 cm³/mol. The number of anilines is 3. The molecule has 18 aromatic carbocycles. The maximum Gasteiger partial charge on any atom is 0.137 e. The Morgan fingerprint density at radius 2 is 0.641 bits per heavy atom. The Kier molecular flexibility index (Phi) is 17.8. The predicted octanol–water partition coefficient (Wildman–Crippen LogP) is 29.3. The molecule has 103 heavy (non-hydrogen) atoms. The van der Waals surface area contributed by atoms with Crippen LogP contribution >= 0.6 is 15.9 Å². The highest BCUT2D eigenvalue weighted by atomic mass is 79.9. The summed E-state index contributed by atoms with van der Waals surface area (Å²) in [6.45, 7) is 0. The lowest BCUT2D eigenvalue weighted by Gasteiger charge is -2.28. The van der Waals surface area contributed by atoms with Crippen molar-refractivity contribution in [3.8, 4) is 44.5 Å². The summed E-state index contributed by atoms with van der Waals surface area (Å²) in [5.74, 6) is 0. The van der Waals surface area contributed by atoms with Crippen molar-refractivity contribution in [1.29, 1.82) is 0 Å². The minimum absolute atomic E-state index is 0. The molecular weight excluding hydrogens is 1320 g/mol. The third-order valence-corrected chi connectivity index (χ3v) is 20.3. The van der Waals surface area contributed by atoms with E-state index in [2.05, 4.69) is 373 Å². The van der Waals surface area contributed by atoms with Gasteiger partial charge in [0.05, 0.1) is 5.69 Å². The summed E-state index contributed by atoms with van der Waals surface area (Å²) in [6.07, 6.45) is 0.887. The minimum atomic E-state index is 0. The maximum absolute atomic E-state index is 6.42. The Morgan fingerprint density at radius 3 is 1.22 bits per heavy atom. The van der Waals surface area contributed by atoms with Crippen LogP contribution in [-0.4, -0.2) is 0 Å². The van der Waals surface area contributed by atoms with Crippen LogP contribution in [0.25, 0.3) is 153 Å². The number of halogens is 1. The van der Waals surface area contributed by atoms with Crippen LogP contribution in [0.15, 0.2) is 389 Å². The Bertz CT molecular complexity index is 6560. The van der Waals surface area contributed by atoms with E-state index < -0.39 is 0 Å². The second-order valence-electron chi connectivity index (χ2n) is 26.0. The number of hydrogen-bond donors (Lipinski definition) is 1. The molecule has 0 saturated carbocycles. The highest BCUT2D eigenvalue weighted by Crippen LogP contribution is 2.46. The molecule has 5 heteroatoms. The molecule has 0 bridgehead atoms. The third-order valence-electron chi connectivity index (χ3n) is 19.8. The zero-order valence-electron chi connectivity index (χ0n) is 55.9. The first-order chi connectivity index (χ1) is 50.0. The van der Waals surface area contributed by atoms with E-state index in [1.165, 1.54) is 125 Å². The Labute approximate surface area is 608 Å². The van der Waals surface area contributed by atoms with Gasteiger partial charge in [0.1, 0.15) is 22.3 Å². The molecule has 0 unspecified atom stereocenters. The summed E-state index contributed by atoms with van der Waals surface area (Å²) >= 11 is 3.56. The van der Waals surface area contributed by atoms with E-state index in [4.69, 9.17) is 8.83 Å². The van der Waals surface area contributed by atoms with E-state index in [1.54, 1.807) is 0 Å². The van der Waals surface area contributed by atoms with E-state index in [9.17, 15) is 0 Å². The SMILES string of the molecule is Brc1cccc(-c2cccc(-c3cccc4ccccc34)c2)c1.C.N.[HH].c1cc(-c2cccc(N(c3ccc4c(c3)oc3ccccc34)c3cc4ccccc4c4ccccc34)c2)cc(-c2cccc3ccccc23)c1.c1ccc2c(c1)cc(Cc1ccc3c(c1)oc1ccccc13)c1ccccc12. The van der Waals surface area contributed by atoms with E-state index in [1.807, 2.05) is 24.3 Å². The molecule has 0 aliphatic carbocycles. The molecule has 20 rings (SSSR count). The Morgan fingerprint density at radius 1 is 0.252 bits per heavy atom. The first kappa shape index (κ1) is 65.0. The third kappa shape index (κ3) is 12.5. The van der Waals surface area contributed by atoms with Crippen LogP contribution in [0.4, 0.5) is 17.1 Å². The summed E-state index contributed by atoms with van der Waals surface area (Å²) in [4.78, 5) is 2.39. The van der Waals surface area contributed by atoms with Gasteiger partial charge in [-0.25, -0.2) is 0 Å². The van der Waals surface area contributed by atoms with Crippen LogP contribution in [-0.2, 0) is 6.42 Å². The van der Waals surface area contributed by atoms with Crippen LogP contribution in [0.2, 0.25) is 0 Å². The molecule has 0 saturated heterocycles. The van der Waals surface area contributed by atoms with Crippen molar-refractivity contribution in [3.05, 3.63) is 392 Å². The van der Waals surface area contributed by atoms with Crippen LogP contribution in [0.3, 0.4) is 0 Å². The average molecular weight is 1390 g/mol. The quantitative estimate of drug-likeness (QED) is 0.146. The molecule has 494 valence electrons. The Hall–Kier alpha value is -12.6. The molecule has 2 heterocycles. The monoisotopic (exact) mass is 1390 g/mol. The van der Waals surface area contributed by atoms with Gasteiger partial charge in [0.25, 0.3) is 0 Å². The number of rotatable bonds is 9. The normalized spacial score (nSPS) is 11.2. The molecule has 0 atom stereocenters. The van der Waals surface area contributed by atoms with Crippen molar-refractivity contribution >= 4 is 142 Å². The summed E-state index contributed by atoms with van der Waals surface area (Å²) in [6, 6.07) is 134. The molecule has 0 spiro atoms. The van der Waals surface area contributed by atoms with Gasteiger partial charge in [-0.15, -0.1) is 0 Å². The van der Waals surface area contributed by atoms with Gasteiger partial charge in [0, 0.05) is 50.3 Å². The fourth-order valence-electron chi connectivity index (χ4n) is 15.1. The molecule has 0 fully saturated rings. The molecule has 0 aliphatic heterocycles. The van der Waals surface area contributed by atoms with Gasteiger partial charge in [0.2, 0.25) is 0 Å². The largest absolute Gasteiger partial charge is 0.456 e. The summed E-state index contributed by atoms with van der Waals surface area (Å²) in [5, 5.41) is 19.8. The van der Waals surface area contributed by atoms with Gasteiger partial charge in [-0.2, -0.15) is 0 Å². The number of furan rings is 2. The second-order valence-corrected chi connectivity index (χ2v) is 26.9. The van der Waals surface area contributed by atoms with E-state index >= 15 is 0 Å². The summed E-state index contributed by atoms with van der Waals surface area (Å²) in [5.41, 5.74) is 19.3. The standard InChI is InChI=1S/C48H31NO.C27H18O.C22H15Br.CH4.H3N.H2/c1-3-19-39-32(12-1)14-11-24-40(39)35-17-9-15-33(28-35)34-16-10-18-37(29-34)49(38-26-27-45-44-23-7-8-25-47(44)50-48(45)31-38)46-30-36-13-2-4-20-41(36)42-21-5-6-22-43(42)46;1-2-8-21-19(7-1)17-20(22-9-3-4-10-23(21)22)15-18-13-14-25-24-11-5-6-12-26(24)28-27(25)16-18;23-20-11-4-9-18(15-20)17-8-3-10-19(14-17)22-13-5-7-16-6-1-2-12-21(16)22;;;/h1-31H;1-14,16-17H,15H2;1-15H;1H4;1H3;1H.